The minimum Gasteiger partial charge on any atom is -0.399 e. The maximum Gasteiger partial charge on any atom is 0.241 e. The predicted octanol–water partition coefficient (Wildman–Crippen LogP) is 1.02. The highest BCUT2D eigenvalue weighted by atomic mass is 32.2. The number of nitrogens with one attached hydrogen (secondary N) is 1. The van der Waals surface area contributed by atoms with E-state index in [0.717, 1.165) is 0 Å². The third-order valence-corrected chi connectivity index (χ3v) is 4.46. The van der Waals surface area contributed by atoms with Gasteiger partial charge in [0.25, 0.3) is 0 Å². The molecule has 18 heavy (non-hydrogen) atoms. The van der Waals surface area contributed by atoms with E-state index in [2.05, 4.69) is 4.72 Å². The van der Waals surface area contributed by atoms with Gasteiger partial charge in [-0.05, 0) is 43.5 Å². The van der Waals surface area contributed by atoms with Crippen molar-refractivity contribution in [2.75, 3.05) is 12.3 Å². The van der Waals surface area contributed by atoms with Crippen LogP contribution in [0.2, 0.25) is 0 Å². The molecule has 0 spiro atoms. The van der Waals surface area contributed by atoms with Crippen LogP contribution in [0.1, 0.15) is 25.3 Å². The maximum atomic E-state index is 12.2. The molecule has 0 radical (unpaired) electrons. The number of aliphatic hydroxyl groups excluding tert-OH is 1. The van der Waals surface area contributed by atoms with Gasteiger partial charge >= 0.3 is 0 Å². The summed E-state index contributed by atoms with van der Waals surface area (Å²) in [6.45, 7) is 3.54. The van der Waals surface area contributed by atoms with E-state index in [9.17, 15) is 8.42 Å². The van der Waals surface area contributed by atoms with E-state index in [4.69, 9.17) is 10.8 Å². The molecule has 0 saturated carbocycles. The number of aryl methyl sites for hydroxylation is 1. The lowest BCUT2D eigenvalue weighted by molar-refractivity contribution is 0.270. The van der Waals surface area contributed by atoms with Crippen molar-refractivity contribution in [1.29, 1.82) is 0 Å². The number of benzene rings is 1. The van der Waals surface area contributed by atoms with Crippen molar-refractivity contribution in [3.05, 3.63) is 23.8 Å². The van der Waals surface area contributed by atoms with Crippen molar-refractivity contribution in [3.63, 3.8) is 0 Å². The maximum absolute atomic E-state index is 12.2. The average Bonchev–Trinajstić information content (AvgIpc) is 2.27. The number of hydrogen-bond donors (Lipinski definition) is 3. The van der Waals surface area contributed by atoms with Crippen molar-refractivity contribution < 1.29 is 13.5 Å². The fourth-order valence-electron chi connectivity index (χ4n) is 1.76. The number of nitrogens with two attached hydrogens (primary N) is 1. The van der Waals surface area contributed by atoms with Gasteiger partial charge in [0.15, 0.2) is 0 Å². The zero-order valence-electron chi connectivity index (χ0n) is 10.7. The Morgan fingerprint density at radius 1 is 1.44 bits per heavy atom. The fraction of sp³-hybridized carbons (Fsp3) is 0.500. The van der Waals surface area contributed by atoms with Crippen molar-refractivity contribution >= 4 is 15.7 Å². The van der Waals surface area contributed by atoms with Gasteiger partial charge in [0.05, 0.1) is 4.90 Å². The van der Waals surface area contributed by atoms with Gasteiger partial charge in [0.1, 0.15) is 0 Å². The Morgan fingerprint density at radius 2 is 2.11 bits per heavy atom. The number of anilines is 1. The average molecular weight is 272 g/mol. The molecule has 1 aromatic carbocycles. The van der Waals surface area contributed by atoms with Gasteiger partial charge in [-0.2, -0.15) is 0 Å². The summed E-state index contributed by atoms with van der Waals surface area (Å²) in [6.07, 6.45) is 1.04. The smallest absolute Gasteiger partial charge is 0.241 e. The van der Waals surface area contributed by atoms with Gasteiger partial charge in [0, 0.05) is 18.3 Å². The molecule has 1 atom stereocenters. The summed E-state index contributed by atoms with van der Waals surface area (Å²) in [5, 5.41) is 8.87. The number of hydrogen-bond acceptors (Lipinski definition) is 4. The SMILES string of the molecule is CCC(CCO)NS(=O)(=O)c1ccc(N)cc1C. The minimum atomic E-state index is -3.56. The van der Waals surface area contributed by atoms with Crippen LogP contribution in [0.3, 0.4) is 0 Å². The summed E-state index contributed by atoms with van der Waals surface area (Å²) in [4.78, 5) is 0.230. The Labute approximate surface area is 108 Å². The van der Waals surface area contributed by atoms with Crippen molar-refractivity contribution in [1.82, 2.24) is 4.72 Å². The van der Waals surface area contributed by atoms with Crippen LogP contribution in [0.15, 0.2) is 23.1 Å². The lowest BCUT2D eigenvalue weighted by atomic mass is 10.2. The molecular formula is C12H20N2O3S. The standard InChI is InChI=1S/C12H20N2O3S/c1-3-11(6-7-15)14-18(16,17)12-5-4-10(13)8-9(12)2/h4-5,8,11,14-15H,3,6-7,13H2,1-2H3. The topological polar surface area (TPSA) is 92.4 Å². The molecule has 0 aliphatic carbocycles. The quantitative estimate of drug-likeness (QED) is 0.674. The molecule has 1 rings (SSSR count). The highest BCUT2D eigenvalue weighted by molar-refractivity contribution is 7.89. The van der Waals surface area contributed by atoms with Crippen LogP contribution in [0, 0.1) is 6.92 Å². The first-order valence-electron chi connectivity index (χ1n) is 5.90. The van der Waals surface area contributed by atoms with Gasteiger partial charge in [-0.25, -0.2) is 13.1 Å². The second-order valence-electron chi connectivity index (χ2n) is 4.26. The molecule has 102 valence electrons. The number of aliphatic hydroxyl groups is 1. The normalized spacial score (nSPS) is 13.5. The van der Waals surface area contributed by atoms with Gasteiger partial charge in [-0.1, -0.05) is 6.92 Å². The van der Waals surface area contributed by atoms with Crippen LogP contribution in [0.5, 0.6) is 0 Å². The predicted molar refractivity (Wildman–Crippen MR) is 71.7 cm³/mol. The summed E-state index contributed by atoms with van der Waals surface area (Å²) >= 11 is 0. The molecule has 0 saturated heterocycles. The van der Waals surface area contributed by atoms with Crippen LogP contribution in [0.4, 0.5) is 5.69 Å². The lowest BCUT2D eigenvalue weighted by Crippen LogP contribution is -2.35. The largest absolute Gasteiger partial charge is 0.399 e. The summed E-state index contributed by atoms with van der Waals surface area (Å²) < 4.78 is 26.9. The van der Waals surface area contributed by atoms with Crippen molar-refractivity contribution in [2.24, 2.45) is 0 Å². The highest BCUT2D eigenvalue weighted by Crippen LogP contribution is 2.18. The Morgan fingerprint density at radius 3 is 2.61 bits per heavy atom. The molecule has 0 aliphatic rings. The second-order valence-corrected chi connectivity index (χ2v) is 5.95. The zero-order chi connectivity index (χ0) is 13.8. The van der Waals surface area contributed by atoms with E-state index in [-0.39, 0.29) is 17.5 Å². The number of sulfonamides is 1. The summed E-state index contributed by atoms with van der Waals surface area (Å²) in [6, 6.07) is 4.44. The van der Waals surface area contributed by atoms with Gasteiger partial charge < -0.3 is 10.8 Å². The third-order valence-electron chi connectivity index (χ3n) is 2.78. The van der Waals surface area contributed by atoms with E-state index < -0.39 is 10.0 Å². The molecule has 6 heteroatoms. The second kappa shape index (κ2) is 6.17. The first kappa shape index (κ1) is 14.9. The summed E-state index contributed by atoms with van der Waals surface area (Å²) in [5.41, 5.74) is 6.75. The number of nitrogen functional groups attached to an aromatic ring is 1. The lowest BCUT2D eigenvalue weighted by Gasteiger charge is -2.17. The van der Waals surface area contributed by atoms with Crippen LogP contribution >= 0.6 is 0 Å². The molecule has 0 fully saturated rings. The van der Waals surface area contributed by atoms with Crippen LogP contribution in [0.25, 0.3) is 0 Å². The van der Waals surface area contributed by atoms with Crippen molar-refractivity contribution in [2.45, 2.75) is 37.6 Å². The number of rotatable bonds is 6. The van der Waals surface area contributed by atoms with Crippen LogP contribution in [-0.2, 0) is 10.0 Å². The summed E-state index contributed by atoms with van der Waals surface area (Å²) in [5.74, 6) is 0. The molecular weight excluding hydrogens is 252 g/mol. The Balaban J connectivity index is 2.99. The van der Waals surface area contributed by atoms with Crippen molar-refractivity contribution in [3.8, 4) is 0 Å². The molecule has 1 aromatic rings. The zero-order valence-corrected chi connectivity index (χ0v) is 11.5. The van der Waals surface area contributed by atoms with E-state index in [1.54, 1.807) is 19.1 Å². The molecule has 0 heterocycles. The van der Waals surface area contributed by atoms with E-state index in [1.165, 1.54) is 6.07 Å². The molecule has 5 nitrogen and oxygen atoms in total. The molecule has 0 aliphatic heterocycles. The molecule has 0 aromatic heterocycles. The van der Waals surface area contributed by atoms with Crippen LogP contribution in [-0.4, -0.2) is 26.2 Å². The first-order valence-corrected chi connectivity index (χ1v) is 7.38. The van der Waals surface area contributed by atoms with E-state index in [0.29, 0.717) is 24.1 Å². The molecule has 0 amide bonds. The van der Waals surface area contributed by atoms with E-state index in [1.807, 2.05) is 6.92 Å². The minimum absolute atomic E-state index is 0.0399. The third kappa shape index (κ3) is 3.69. The monoisotopic (exact) mass is 272 g/mol. The Hall–Kier alpha value is -1.11. The molecule has 4 N–H and O–H groups in total. The van der Waals surface area contributed by atoms with Gasteiger partial charge in [-0.15, -0.1) is 0 Å². The fourth-order valence-corrected chi connectivity index (χ4v) is 3.34. The summed E-state index contributed by atoms with van der Waals surface area (Å²) in [7, 11) is -3.56. The molecule has 0 bridgehead atoms. The van der Waals surface area contributed by atoms with Gasteiger partial charge in [0.2, 0.25) is 10.0 Å². The van der Waals surface area contributed by atoms with Crippen LogP contribution < -0.4 is 10.5 Å². The highest BCUT2D eigenvalue weighted by Gasteiger charge is 2.20. The van der Waals surface area contributed by atoms with E-state index >= 15 is 0 Å². The Bertz CT molecular complexity index is 500. The first-order chi connectivity index (χ1) is 8.40. The van der Waals surface area contributed by atoms with Gasteiger partial charge in [-0.3, -0.25) is 0 Å². The Kier molecular flexibility index (Phi) is 5.13. The molecule has 1 unspecified atom stereocenters.